The van der Waals surface area contributed by atoms with E-state index in [0.29, 0.717) is 21.9 Å². The summed E-state index contributed by atoms with van der Waals surface area (Å²) in [4.78, 5) is 11.4. The molecule has 2 atom stereocenters. The van der Waals surface area contributed by atoms with Crippen molar-refractivity contribution >= 4 is 5.91 Å². The fourth-order valence-electron chi connectivity index (χ4n) is 2.30. The molecule has 2 rings (SSSR count). The number of aliphatic hydroxyl groups is 1. The highest BCUT2D eigenvalue weighted by Gasteiger charge is 2.46. The van der Waals surface area contributed by atoms with Crippen LogP contribution in [0.25, 0.3) is 0 Å². The van der Waals surface area contributed by atoms with Gasteiger partial charge in [-0.3, -0.25) is 10.0 Å². The first-order valence-electron chi connectivity index (χ1n) is 6.17. The van der Waals surface area contributed by atoms with Gasteiger partial charge in [-0.05, 0) is 32.0 Å². The Kier molecular flexibility index (Phi) is 3.42. The lowest BCUT2D eigenvalue weighted by atomic mass is 9.85. The molecule has 6 heteroatoms. The fraction of sp³-hybridized carbons (Fsp3) is 0.429. The van der Waals surface area contributed by atoms with Gasteiger partial charge in [-0.1, -0.05) is 0 Å². The molecule has 0 radical (unpaired) electrons. The summed E-state index contributed by atoms with van der Waals surface area (Å²) in [6.07, 6.45) is -1.13. The van der Waals surface area contributed by atoms with Crippen LogP contribution in [0.5, 0.6) is 5.75 Å². The van der Waals surface area contributed by atoms with Gasteiger partial charge in [0.25, 0.3) is 0 Å². The van der Waals surface area contributed by atoms with E-state index in [2.05, 4.69) is 0 Å². The van der Waals surface area contributed by atoms with Gasteiger partial charge < -0.3 is 9.84 Å². The number of amides is 1. The van der Waals surface area contributed by atoms with Crippen molar-refractivity contribution in [1.82, 2.24) is 5.06 Å². The molecule has 1 aliphatic rings. The van der Waals surface area contributed by atoms with Crippen LogP contribution in [0.2, 0.25) is 0 Å². The summed E-state index contributed by atoms with van der Waals surface area (Å²) >= 11 is 0. The number of aliphatic hydroxyl groups excluding tert-OH is 1. The molecule has 1 aromatic rings. The Morgan fingerprint density at radius 3 is 2.70 bits per heavy atom. The lowest BCUT2D eigenvalue weighted by molar-refractivity contribution is -0.201. The number of nitrogens with zero attached hydrogens (tertiary/aromatic N) is 2. The van der Waals surface area contributed by atoms with Crippen LogP contribution in [0.15, 0.2) is 18.2 Å². The van der Waals surface area contributed by atoms with Gasteiger partial charge >= 0.3 is 0 Å². The minimum atomic E-state index is -1.13. The highest BCUT2D eigenvalue weighted by Crippen LogP contribution is 2.42. The van der Waals surface area contributed by atoms with Crippen LogP contribution in [0, 0.1) is 11.3 Å². The van der Waals surface area contributed by atoms with Crippen molar-refractivity contribution in [3.8, 4) is 11.8 Å². The third-order valence-electron chi connectivity index (χ3n) is 3.43. The summed E-state index contributed by atoms with van der Waals surface area (Å²) in [5, 5.41) is 29.7. The molecule has 0 unspecified atom stereocenters. The van der Waals surface area contributed by atoms with Crippen molar-refractivity contribution in [3.05, 3.63) is 29.3 Å². The molecule has 0 aliphatic carbocycles. The van der Waals surface area contributed by atoms with Gasteiger partial charge in [-0.15, -0.1) is 0 Å². The van der Waals surface area contributed by atoms with Crippen molar-refractivity contribution in [2.45, 2.75) is 38.5 Å². The Balaban J connectivity index is 2.60. The second-order valence-corrected chi connectivity index (χ2v) is 5.32. The van der Waals surface area contributed by atoms with Gasteiger partial charge in [0.15, 0.2) is 0 Å². The molecule has 1 aliphatic heterocycles. The van der Waals surface area contributed by atoms with Crippen molar-refractivity contribution in [3.63, 3.8) is 0 Å². The standard InChI is InChI=1S/C14H16N2O4/c1-8(17)16(19)12-10-6-9(7-15)4-5-11(10)20-14(2,3)13(12)18/h4-6,12-13,18-19H,1-3H3/t12-,13+/m0/s1. The Labute approximate surface area is 116 Å². The second kappa shape index (κ2) is 4.78. The number of ether oxygens (including phenoxy) is 1. The van der Waals surface area contributed by atoms with E-state index in [9.17, 15) is 15.1 Å². The molecule has 0 saturated heterocycles. The number of rotatable bonds is 1. The summed E-state index contributed by atoms with van der Waals surface area (Å²) in [7, 11) is 0. The molecule has 6 nitrogen and oxygen atoms in total. The molecule has 1 heterocycles. The van der Waals surface area contributed by atoms with Crippen LogP contribution >= 0.6 is 0 Å². The Bertz CT molecular complexity index is 591. The lowest BCUT2D eigenvalue weighted by Crippen LogP contribution is -2.53. The molecule has 0 fully saturated rings. The predicted molar refractivity (Wildman–Crippen MR) is 68.9 cm³/mol. The molecule has 0 bridgehead atoms. The number of hydrogen-bond acceptors (Lipinski definition) is 5. The Hall–Kier alpha value is -2.10. The molecule has 0 spiro atoms. The van der Waals surface area contributed by atoms with Crippen molar-refractivity contribution < 1.29 is 19.8 Å². The van der Waals surface area contributed by atoms with E-state index < -0.39 is 23.7 Å². The van der Waals surface area contributed by atoms with Gasteiger partial charge in [0.1, 0.15) is 23.5 Å². The third-order valence-corrected chi connectivity index (χ3v) is 3.43. The van der Waals surface area contributed by atoms with E-state index >= 15 is 0 Å². The Morgan fingerprint density at radius 2 is 2.15 bits per heavy atom. The topological polar surface area (TPSA) is 93.8 Å². The Morgan fingerprint density at radius 1 is 1.50 bits per heavy atom. The molecule has 106 valence electrons. The number of benzene rings is 1. The molecular formula is C14H16N2O4. The average Bonchev–Trinajstić information content (AvgIpc) is 2.38. The molecule has 20 heavy (non-hydrogen) atoms. The summed E-state index contributed by atoms with van der Waals surface area (Å²) in [6, 6.07) is 5.69. The lowest BCUT2D eigenvalue weighted by Gasteiger charge is -2.44. The van der Waals surface area contributed by atoms with Gasteiger partial charge in [-0.2, -0.15) is 5.26 Å². The van der Waals surface area contributed by atoms with Crippen molar-refractivity contribution in [1.29, 1.82) is 5.26 Å². The number of hydrogen-bond donors (Lipinski definition) is 2. The molecule has 0 aromatic heterocycles. The quantitative estimate of drug-likeness (QED) is 0.597. The van der Waals surface area contributed by atoms with E-state index in [1.807, 2.05) is 6.07 Å². The summed E-state index contributed by atoms with van der Waals surface area (Å²) in [5.41, 5.74) is -0.197. The minimum absolute atomic E-state index is 0.362. The van der Waals surface area contributed by atoms with E-state index in [1.165, 1.54) is 13.0 Å². The highest BCUT2D eigenvalue weighted by molar-refractivity contribution is 5.73. The maximum Gasteiger partial charge on any atom is 0.243 e. The van der Waals surface area contributed by atoms with E-state index in [1.54, 1.807) is 26.0 Å². The number of carbonyl (C=O) groups excluding carboxylic acids is 1. The fourth-order valence-corrected chi connectivity index (χ4v) is 2.30. The van der Waals surface area contributed by atoms with Gasteiger partial charge in [0.2, 0.25) is 5.91 Å². The number of hydroxylamine groups is 2. The first kappa shape index (κ1) is 14.3. The van der Waals surface area contributed by atoms with Crippen LogP contribution in [0.4, 0.5) is 0 Å². The zero-order chi connectivity index (χ0) is 15.1. The normalized spacial score (nSPS) is 23.2. The molecular weight excluding hydrogens is 260 g/mol. The zero-order valence-electron chi connectivity index (χ0n) is 11.5. The average molecular weight is 276 g/mol. The monoisotopic (exact) mass is 276 g/mol. The van der Waals surface area contributed by atoms with Gasteiger partial charge in [0.05, 0.1) is 11.6 Å². The highest BCUT2D eigenvalue weighted by atomic mass is 16.5. The third kappa shape index (κ3) is 2.22. The summed E-state index contributed by atoms with van der Waals surface area (Å²) in [5.74, 6) is -0.162. The van der Waals surface area contributed by atoms with E-state index in [4.69, 9.17) is 10.00 Å². The molecule has 1 aromatic carbocycles. The van der Waals surface area contributed by atoms with Crippen LogP contribution < -0.4 is 4.74 Å². The minimum Gasteiger partial charge on any atom is -0.485 e. The largest absolute Gasteiger partial charge is 0.485 e. The number of fused-ring (bicyclic) bond motifs is 1. The van der Waals surface area contributed by atoms with Gasteiger partial charge in [-0.25, -0.2) is 5.06 Å². The van der Waals surface area contributed by atoms with Crippen LogP contribution in [0.1, 0.15) is 37.9 Å². The molecule has 1 amide bonds. The first-order valence-corrected chi connectivity index (χ1v) is 6.17. The summed E-state index contributed by atoms with van der Waals surface area (Å²) in [6.45, 7) is 4.53. The van der Waals surface area contributed by atoms with Crippen LogP contribution in [0.3, 0.4) is 0 Å². The van der Waals surface area contributed by atoms with Crippen LogP contribution in [-0.4, -0.2) is 33.0 Å². The maximum atomic E-state index is 11.4. The van der Waals surface area contributed by atoms with E-state index in [-0.39, 0.29) is 0 Å². The molecule has 0 saturated carbocycles. The predicted octanol–water partition coefficient (Wildman–Crippen LogP) is 1.37. The SMILES string of the molecule is CC(=O)N(O)[C@H]1c2cc(C#N)ccc2OC(C)(C)[C@@H]1O. The smallest absolute Gasteiger partial charge is 0.243 e. The first-order chi connectivity index (χ1) is 9.27. The van der Waals surface area contributed by atoms with E-state index in [0.717, 1.165) is 0 Å². The van der Waals surface area contributed by atoms with Crippen molar-refractivity contribution in [2.75, 3.05) is 0 Å². The number of nitriles is 1. The molecule has 2 N–H and O–H groups in total. The van der Waals surface area contributed by atoms with Gasteiger partial charge in [0, 0.05) is 12.5 Å². The number of carbonyl (C=O) groups is 1. The zero-order valence-corrected chi connectivity index (χ0v) is 11.5. The van der Waals surface area contributed by atoms with Crippen LogP contribution in [-0.2, 0) is 4.79 Å². The van der Waals surface area contributed by atoms with Crippen molar-refractivity contribution in [2.24, 2.45) is 0 Å². The second-order valence-electron chi connectivity index (χ2n) is 5.32. The maximum absolute atomic E-state index is 11.4. The summed E-state index contributed by atoms with van der Waals surface area (Å²) < 4.78 is 5.68.